The summed E-state index contributed by atoms with van der Waals surface area (Å²) < 4.78 is 2.08. The summed E-state index contributed by atoms with van der Waals surface area (Å²) in [6.45, 7) is 2.81. The minimum absolute atomic E-state index is 0.563. The number of hydrogen-bond donors (Lipinski definition) is 0. The fraction of sp³-hybridized carbons (Fsp3) is 0.125. The van der Waals surface area contributed by atoms with E-state index in [0.29, 0.717) is 15.6 Å². The third-order valence-electron chi connectivity index (χ3n) is 3.37. The fourth-order valence-corrected chi connectivity index (χ4v) is 2.89. The maximum Gasteiger partial charge on any atom is 0.142 e. The van der Waals surface area contributed by atoms with Crippen molar-refractivity contribution in [3.05, 3.63) is 52.0 Å². The molecule has 5 heteroatoms. The molecule has 1 aromatic heterocycles. The quantitative estimate of drug-likeness (QED) is 0.674. The highest BCUT2D eigenvalue weighted by Gasteiger charge is 2.14. The van der Waals surface area contributed by atoms with Gasteiger partial charge in [0.25, 0.3) is 0 Å². The molecule has 3 nitrogen and oxygen atoms in total. The Morgan fingerprint density at radius 1 is 1.19 bits per heavy atom. The molecule has 0 unspecified atom stereocenters. The maximum atomic E-state index is 9.00. The number of hydrogen-bond acceptors (Lipinski definition) is 2. The third-order valence-corrected chi connectivity index (χ3v) is 3.91. The predicted octanol–water partition coefficient (Wildman–Crippen LogP) is 4.90. The van der Waals surface area contributed by atoms with Gasteiger partial charge in [0.2, 0.25) is 0 Å². The van der Waals surface area contributed by atoms with Gasteiger partial charge in [-0.3, -0.25) is 0 Å². The number of imidazole rings is 1. The van der Waals surface area contributed by atoms with Crippen LogP contribution in [0.5, 0.6) is 0 Å². The lowest BCUT2D eigenvalue weighted by Gasteiger charge is -2.08. The topological polar surface area (TPSA) is 41.6 Å². The van der Waals surface area contributed by atoms with Crippen LogP contribution in [0.2, 0.25) is 10.0 Å². The first-order valence-electron chi connectivity index (χ1n) is 6.50. The van der Waals surface area contributed by atoms with Gasteiger partial charge in [-0.15, -0.1) is 0 Å². The lowest BCUT2D eigenvalue weighted by atomic mass is 10.2. The summed E-state index contributed by atoms with van der Waals surface area (Å²) in [7, 11) is 0. The number of nitriles is 1. The molecule has 0 bridgehead atoms. The predicted molar refractivity (Wildman–Crippen MR) is 85.6 cm³/mol. The summed E-state index contributed by atoms with van der Waals surface area (Å²) in [5.41, 5.74) is 3.20. The number of fused-ring (bicyclic) bond motifs is 1. The van der Waals surface area contributed by atoms with Crippen molar-refractivity contribution < 1.29 is 0 Å². The van der Waals surface area contributed by atoms with Crippen LogP contribution in [0.3, 0.4) is 0 Å². The van der Waals surface area contributed by atoms with Gasteiger partial charge < -0.3 is 4.57 Å². The second kappa shape index (κ2) is 5.40. The number of benzene rings is 2. The molecule has 0 saturated carbocycles. The van der Waals surface area contributed by atoms with Gasteiger partial charge in [0, 0.05) is 17.1 Å². The highest BCUT2D eigenvalue weighted by Crippen LogP contribution is 2.32. The van der Waals surface area contributed by atoms with Crippen LogP contribution in [0.15, 0.2) is 36.4 Å². The Morgan fingerprint density at radius 3 is 2.67 bits per heavy atom. The molecule has 0 fully saturated rings. The Kier molecular flexibility index (Phi) is 3.59. The smallest absolute Gasteiger partial charge is 0.142 e. The third kappa shape index (κ3) is 2.37. The van der Waals surface area contributed by atoms with E-state index in [4.69, 9.17) is 28.5 Å². The van der Waals surface area contributed by atoms with E-state index < -0.39 is 0 Å². The zero-order valence-corrected chi connectivity index (χ0v) is 12.8. The molecule has 3 rings (SSSR count). The van der Waals surface area contributed by atoms with Crippen LogP contribution in [0.25, 0.3) is 22.4 Å². The average Bonchev–Trinajstić information content (AvgIpc) is 2.84. The molecule has 104 valence electrons. The lowest BCUT2D eigenvalue weighted by Crippen LogP contribution is -1.97. The molecule has 21 heavy (non-hydrogen) atoms. The van der Waals surface area contributed by atoms with Crippen LogP contribution >= 0.6 is 23.2 Å². The molecule has 0 aliphatic heterocycles. The SMILES string of the molecule is CCn1c(-c2ccc(Cl)cc2Cl)nc2cc(C#N)ccc21. The zero-order chi connectivity index (χ0) is 15.0. The van der Waals surface area contributed by atoms with E-state index in [-0.39, 0.29) is 0 Å². The number of aromatic nitrogens is 2. The van der Waals surface area contributed by atoms with Gasteiger partial charge in [0.1, 0.15) is 5.82 Å². The van der Waals surface area contributed by atoms with E-state index in [0.717, 1.165) is 29.0 Å². The van der Waals surface area contributed by atoms with Crippen molar-refractivity contribution in [3.8, 4) is 17.5 Å². The van der Waals surface area contributed by atoms with E-state index in [1.165, 1.54) is 0 Å². The molecule has 0 amide bonds. The van der Waals surface area contributed by atoms with Crippen molar-refractivity contribution in [3.63, 3.8) is 0 Å². The fourth-order valence-electron chi connectivity index (χ4n) is 2.40. The zero-order valence-electron chi connectivity index (χ0n) is 11.3. The van der Waals surface area contributed by atoms with Gasteiger partial charge in [0.05, 0.1) is 27.7 Å². The Hall–Kier alpha value is -2.02. The lowest BCUT2D eigenvalue weighted by molar-refractivity contribution is 0.796. The van der Waals surface area contributed by atoms with Crippen LogP contribution in [0, 0.1) is 11.3 Å². The summed E-state index contributed by atoms with van der Waals surface area (Å²) in [4.78, 5) is 4.64. The minimum Gasteiger partial charge on any atom is -0.324 e. The molecule has 0 aliphatic rings. The standard InChI is InChI=1S/C16H11Cl2N3/c1-2-21-15-6-3-10(9-19)7-14(15)20-16(21)12-5-4-11(17)8-13(12)18/h3-8H,2H2,1H3. The summed E-state index contributed by atoms with van der Waals surface area (Å²) in [5, 5.41) is 10.2. The van der Waals surface area contributed by atoms with Crippen molar-refractivity contribution in [2.45, 2.75) is 13.5 Å². The van der Waals surface area contributed by atoms with E-state index in [9.17, 15) is 0 Å². The number of halogens is 2. The van der Waals surface area contributed by atoms with Gasteiger partial charge in [-0.2, -0.15) is 5.26 Å². The molecule has 1 heterocycles. The van der Waals surface area contributed by atoms with Crippen LogP contribution in [-0.2, 0) is 6.54 Å². The van der Waals surface area contributed by atoms with Gasteiger partial charge in [-0.1, -0.05) is 23.2 Å². The first kappa shape index (κ1) is 13.9. The van der Waals surface area contributed by atoms with E-state index in [2.05, 4.69) is 15.6 Å². The Labute approximate surface area is 132 Å². The van der Waals surface area contributed by atoms with E-state index in [1.54, 1.807) is 24.3 Å². The maximum absolute atomic E-state index is 9.00. The molecule has 3 aromatic rings. The van der Waals surface area contributed by atoms with Gasteiger partial charge in [0.15, 0.2) is 0 Å². The number of rotatable bonds is 2. The molecule has 0 radical (unpaired) electrons. The Bertz CT molecular complexity index is 875. The highest BCUT2D eigenvalue weighted by atomic mass is 35.5. The minimum atomic E-state index is 0.563. The summed E-state index contributed by atoms with van der Waals surface area (Å²) in [5.74, 6) is 0.782. The molecule has 0 aliphatic carbocycles. The molecule has 0 atom stereocenters. The van der Waals surface area contributed by atoms with Crippen molar-refractivity contribution in [1.82, 2.24) is 9.55 Å². The summed E-state index contributed by atoms with van der Waals surface area (Å²) in [6.07, 6.45) is 0. The molecule has 2 aromatic carbocycles. The first-order valence-corrected chi connectivity index (χ1v) is 7.25. The van der Waals surface area contributed by atoms with Gasteiger partial charge >= 0.3 is 0 Å². The van der Waals surface area contributed by atoms with E-state index in [1.807, 2.05) is 19.1 Å². The van der Waals surface area contributed by atoms with Crippen molar-refractivity contribution in [2.24, 2.45) is 0 Å². The van der Waals surface area contributed by atoms with Crippen LogP contribution in [0.4, 0.5) is 0 Å². The van der Waals surface area contributed by atoms with Crippen LogP contribution < -0.4 is 0 Å². The molecule has 0 N–H and O–H groups in total. The molecular weight excluding hydrogens is 305 g/mol. The average molecular weight is 316 g/mol. The Morgan fingerprint density at radius 2 is 2.00 bits per heavy atom. The normalized spacial score (nSPS) is 10.8. The summed E-state index contributed by atoms with van der Waals surface area (Å²) in [6, 6.07) is 13.0. The molecule has 0 saturated heterocycles. The first-order chi connectivity index (χ1) is 10.1. The Balaban J connectivity index is 2.29. The van der Waals surface area contributed by atoms with Gasteiger partial charge in [-0.25, -0.2) is 4.98 Å². The monoisotopic (exact) mass is 315 g/mol. The highest BCUT2D eigenvalue weighted by molar-refractivity contribution is 6.36. The summed E-state index contributed by atoms with van der Waals surface area (Å²) >= 11 is 12.2. The van der Waals surface area contributed by atoms with E-state index >= 15 is 0 Å². The molecular formula is C16H11Cl2N3. The van der Waals surface area contributed by atoms with Crippen LogP contribution in [-0.4, -0.2) is 9.55 Å². The van der Waals surface area contributed by atoms with Crippen molar-refractivity contribution >= 4 is 34.2 Å². The van der Waals surface area contributed by atoms with Crippen LogP contribution in [0.1, 0.15) is 12.5 Å². The largest absolute Gasteiger partial charge is 0.324 e. The van der Waals surface area contributed by atoms with Crippen molar-refractivity contribution in [2.75, 3.05) is 0 Å². The van der Waals surface area contributed by atoms with Gasteiger partial charge in [-0.05, 0) is 43.3 Å². The second-order valence-electron chi connectivity index (χ2n) is 4.62. The number of nitrogens with zero attached hydrogens (tertiary/aromatic N) is 3. The van der Waals surface area contributed by atoms with Crippen molar-refractivity contribution in [1.29, 1.82) is 5.26 Å². The number of aryl methyl sites for hydroxylation is 1. The second-order valence-corrected chi connectivity index (χ2v) is 5.46. The molecule has 0 spiro atoms.